The molecular formula is C29H32N8O3. The average Bonchev–Trinajstić information content (AvgIpc) is 3.50. The highest BCUT2D eigenvalue weighted by atomic mass is 16.5. The minimum absolute atomic E-state index is 0.0255. The Balaban J connectivity index is 1.57. The van der Waals surface area contributed by atoms with Gasteiger partial charge in [-0.1, -0.05) is 31.0 Å². The van der Waals surface area contributed by atoms with Crippen LogP contribution in [0.15, 0.2) is 59.8 Å². The smallest absolute Gasteiger partial charge is 0.252 e. The molecule has 0 spiro atoms. The van der Waals surface area contributed by atoms with Crippen LogP contribution in [0.3, 0.4) is 0 Å². The lowest BCUT2D eigenvalue weighted by molar-refractivity contribution is -0.119. The first-order valence-corrected chi connectivity index (χ1v) is 13.0. The third kappa shape index (κ3) is 7.31. The zero-order valence-electron chi connectivity index (χ0n) is 22.6. The van der Waals surface area contributed by atoms with Crippen LogP contribution in [0.4, 0.5) is 5.95 Å². The predicted molar refractivity (Wildman–Crippen MR) is 149 cm³/mol. The molecule has 0 saturated heterocycles. The van der Waals surface area contributed by atoms with E-state index in [1.165, 1.54) is 20.0 Å². The van der Waals surface area contributed by atoms with Crippen LogP contribution in [-0.4, -0.2) is 41.7 Å². The lowest BCUT2D eigenvalue weighted by Gasteiger charge is -2.21. The monoisotopic (exact) mass is 540 g/mol. The van der Waals surface area contributed by atoms with Crippen LogP contribution in [-0.2, 0) is 20.8 Å². The lowest BCUT2D eigenvalue weighted by Crippen LogP contribution is -2.19. The van der Waals surface area contributed by atoms with Crippen molar-refractivity contribution in [2.45, 2.75) is 38.3 Å². The number of hydrogen-bond donors (Lipinski definition) is 3. The van der Waals surface area contributed by atoms with Gasteiger partial charge in [-0.05, 0) is 49.1 Å². The molecule has 1 saturated carbocycles. The van der Waals surface area contributed by atoms with E-state index in [-0.39, 0.29) is 24.4 Å². The van der Waals surface area contributed by atoms with Crippen molar-refractivity contribution in [1.29, 1.82) is 10.8 Å². The summed E-state index contributed by atoms with van der Waals surface area (Å²) < 4.78 is 10.7. The van der Waals surface area contributed by atoms with E-state index in [9.17, 15) is 10.1 Å². The van der Waals surface area contributed by atoms with Gasteiger partial charge in [0.2, 0.25) is 5.95 Å². The van der Waals surface area contributed by atoms with Crippen molar-refractivity contribution in [3.8, 4) is 17.3 Å². The maximum atomic E-state index is 12.2. The number of carbonyl (C=O) groups excluding carboxylic acids is 1. The molecule has 1 fully saturated rings. The Morgan fingerprint density at radius 3 is 2.70 bits per heavy atom. The molecule has 3 aromatic rings. The molecule has 3 N–H and O–H groups in total. The highest BCUT2D eigenvalue weighted by molar-refractivity contribution is 5.90. The van der Waals surface area contributed by atoms with Crippen molar-refractivity contribution < 1.29 is 14.3 Å². The van der Waals surface area contributed by atoms with Crippen molar-refractivity contribution in [2.75, 3.05) is 26.1 Å². The zero-order chi connectivity index (χ0) is 28.3. The van der Waals surface area contributed by atoms with Crippen molar-refractivity contribution >= 4 is 17.6 Å². The molecule has 40 heavy (non-hydrogen) atoms. The van der Waals surface area contributed by atoms with Crippen molar-refractivity contribution in [2.24, 2.45) is 11.0 Å². The molecule has 11 nitrogen and oxygen atoms in total. The fraction of sp³-hybridized carbons (Fsp3) is 0.345. The Kier molecular flexibility index (Phi) is 9.99. The second-order valence-corrected chi connectivity index (χ2v) is 9.41. The third-order valence-corrected chi connectivity index (χ3v) is 6.65. The minimum Gasteiger partial charge on any atom is -0.383 e. The van der Waals surface area contributed by atoms with Crippen molar-refractivity contribution in [3.05, 3.63) is 77.4 Å². The highest BCUT2D eigenvalue weighted by Crippen LogP contribution is 2.37. The van der Waals surface area contributed by atoms with Crippen LogP contribution in [0.1, 0.15) is 54.4 Å². The number of pyridine rings is 1. The summed E-state index contributed by atoms with van der Waals surface area (Å²) in [5.74, 6) is 0.0767. The Morgan fingerprint density at radius 1 is 1.18 bits per heavy atom. The van der Waals surface area contributed by atoms with Crippen LogP contribution in [0.5, 0.6) is 0 Å². The van der Waals surface area contributed by atoms with E-state index in [0.29, 0.717) is 35.0 Å². The van der Waals surface area contributed by atoms with Gasteiger partial charge in [0.15, 0.2) is 0 Å². The van der Waals surface area contributed by atoms with Gasteiger partial charge in [0, 0.05) is 26.0 Å². The quantitative estimate of drug-likeness (QED) is 0.271. The molecule has 4 rings (SSSR count). The number of methoxy groups -OCH3 is 2. The summed E-state index contributed by atoms with van der Waals surface area (Å²) in [6.07, 6.45) is 6.29. The molecule has 0 aliphatic heterocycles. The van der Waals surface area contributed by atoms with E-state index in [1.807, 2.05) is 18.2 Å². The summed E-state index contributed by atoms with van der Waals surface area (Å²) in [7, 11) is 3.15. The van der Waals surface area contributed by atoms with Gasteiger partial charge in [-0.25, -0.2) is 15.5 Å². The average molecular weight is 541 g/mol. The molecule has 0 radical (unpaired) electrons. The molecule has 1 aliphatic carbocycles. The number of nitrogens with zero attached hydrogens (tertiary/aromatic N) is 5. The fourth-order valence-corrected chi connectivity index (χ4v) is 4.81. The fourth-order valence-electron chi connectivity index (χ4n) is 4.81. The SMILES string of the molecule is COCC(=O)Nc1nc(/C(=C/NCc2cccc(C(OC)C3CCCC3)n2)N=N)cc(-c2cccc(C#N)c2)n1. The van der Waals surface area contributed by atoms with Gasteiger partial charge >= 0.3 is 0 Å². The van der Waals surface area contributed by atoms with E-state index in [2.05, 4.69) is 31.8 Å². The number of nitriles is 1. The van der Waals surface area contributed by atoms with Gasteiger partial charge in [-0.15, -0.1) is 0 Å². The van der Waals surface area contributed by atoms with Crippen LogP contribution in [0, 0.1) is 22.8 Å². The number of amides is 1. The Labute approximate surface area is 233 Å². The first-order valence-electron chi connectivity index (χ1n) is 13.0. The van der Waals surface area contributed by atoms with Gasteiger partial charge < -0.3 is 14.8 Å². The number of benzene rings is 1. The maximum absolute atomic E-state index is 12.2. The van der Waals surface area contributed by atoms with E-state index in [4.69, 9.17) is 20.0 Å². The Hall–Kier alpha value is -4.53. The van der Waals surface area contributed by atoms with E-state index >= 15 is 0 Å². The van der Waals surface area contributed by atoms with Crippen LogP contribution in [0.25, 0.3) is 17.0 Å². The number of anilines is 1. The second kappa shape index (κ2) is 14.0. The predicted octanol–water partition coefficient (Wildman–Crippen LogP) is 4.99. The molecule has 1 atom stereocenters. The molecule has 1 amide bonds. The van der Waals surface area contributed by atoms with Crippen LogP contribution >= 0.6 is 0 Å². The normalized spacial score (nSPS) is 14.4. The topological polar surface area (TPSA) is 158 Å². The van der Waals surface area contributed by atoms with Gasteiger partial charge in [0.05, 0.1) is 41.0 Å². The first-order chi connectivity index (χ1) is 19.5. The summed E-state index contributed by atoms with van der Waals surface area (Å²) in [6, 6.07) is 16.6. The molecule has 11 heteroatoms. The number of nitrogens with one attached hydrogen (secondary N) is 3. The number of hydrogen-bond acceptors (Lipinski definition) is 10. The molecule has 1 unspecified atom stereocenters. The van der Waals surface area contributed by atoms with Crippen LogP contribution in [0.2, 0.25) is 0 Å². The summed E-state index contributed by atoms with van der Waals surface area (Å²) in [4.78, 5) is 25.8. The van der Waals surface area contributed by atoms with E-state index < -0.39 is 5.91 Å². The molecular weight excluding hydrogens is 508 g/mol. The number of rotatable bonds is 12. The summed E-state index contributed by atoms with van der Waals surface area (Å²) in [5.41, 5.74) is 11.6. The largest absolute Gasteiger partial charge is 0.383 e. The van der Waals surface area contributed by atoms with Gasteiger partial charge in [0.25, 0.3) is 5.91 Å². The van der Waals surface area contributed by atoms with Gasteiger partial charge in [-0.3, -0.25) is 15.1 Å². The third-order valence-electron chi connectivity index (χ3n) is 6.65. The lowest BCUT2D eigenvalue weighted by atomic mass is 9.97. The Morgan fingerprint density at radius 2 is 1.98 bits per heavy atom. The van der Waals surface area contributed by atoms with Gasteiger partial charge in [0.1, 0.15) is 18.4 Å². The molecule has 1 aliphatic rings. The molecule has 206 valence electrons. The van der Waals surface area contributed by atoms with Crippen molar-refractivity contribution in [1.82, 2.24) is 20.3 Å². The van der Waals surface area contributed by atoms with E-state index in [1.54, 1.807) is 43.6 Å². The number of carbonyl (C=O) groups is 1. The highest BCUT2D eigenvalue weighted by Gasteiger charge is 2.27. The number of aromatic nitrogens is 3. The second-order valence-electron chi connectivity index (χ2n) is 9.41. The van der Waals surface area contributed by atoms with Gasteiger partial charge in [-0.2, -0.15) is 10.4 Å². The van der Waals surface area contributed by atoms with E-state index in [0.717, 1.165) is 24.2 Å². The zero-order valence-corrected chi connectivity index (χ0v) is 22.6. The van der Waals surface area contributed by atoms with Crippen LogP contribution < -0.4 is 10.6 Å². The Bertz CT molecular complexity index is 1410. The summed E-state index contributed by atoms with van der Waals surface area (Å²) in [6.45, 7) is 0.226. The molecule has 2 aromatic heterocycles. The summed E-state index contributed by atoms with van der Waals surface area (Å²) in [5, 5.41) is 18.7. The molecule has 0 bridgehead atoms. The van der Waals surface area contributed by atoms with Crippen molar-refractivity contribution in [3.63, 3.8) is 0 Å². The molecule has 1 aromatic carbocycles. The standard InChI is InChI=1S/C29H32N8O3/c1-39-18-27(38)36-29-34-24(21-10-5-7-19(13-21)15-30)14-25(35-29)26(37-31)17-32-16-22-11-6-12-23(33-22)28(40-2)20-8-3-4-9-20/h5-7,10-14,17,20,28,31-32H,3-4,8-9,16,18H2,1-2H3,(H,34,35,36,38)/b26-17-,37-31?. The maximum Gasteiger partial charge on any atom is 0.252 e. The molecule has 2 heterocycles. The number of ether oxygens (including phenoxy) is 2. The minimum atomic E-state index is -0.430. The summed E-state index contributed by atoms with van der Waals surface area (Å²) >= 11 is 0. The first kappa shape index (κ1) is 28.5.